The first kappa shape index (κ1) is 14.7. The summed E-state index contributed by atoms with van der Waals surface area (Å²) in [4.78, 5) is 0. The van der Waals surface area contributed by atoms with Gasteiger partial charge in [0.2, 0.25) is 0 Å². The van der Waals surface area contributed by atoms with Gasteiger partial charge in [-0.15, -0.1) is 0 Å². The van der Waals surface area contributed by atoms with Crippen LogP contribution in [0.4, 0.5) is 4.39 Å². The number of benzene rings is 2. The van der Waals surface area contributed by atoms with E-state index in [4.69, 9.17) is 0 Å². The number of hydrogen-bond donors (Lipinski definition) is 1. The van der Waals surface area contributed by atoms with Gasteiger partial charge in [0, 0.05) is 6.42 Å². The second-order valence-corrected chi connectivity index (χ2v) is 5.62. The van der Waals surface area contributed by atoms with Gasteiger partial charge in [-0.3, -0.25) is 0 Å². The zero-order valence-corrected chi connectivity index (χ0v) is 12.5. The van der Waals surface area contributed by atoms with E-state index in [2.05, 4.69) is 18.2 Å². The molecule has 2 aromatic carbocycles. The fourth-order valence-corrected chi connectivity index (χ4v) is 2.52. The van der Waals surface area contributed by atoms with E-state index in [-0.39, 0.29) is 5.82 Å². The molecule has 0 saturated heterocycles. The normalized spacial score (nSPS) is 12.5. The van der Waals surface area contributed by atoms with Crippen LogP contribution in [-0.4, -0.2) is 5.11 Å². The molecular formula is C18H21FO. The van der Waals surface area contributed by atoms with Gasteiger partial charge in [-0.05, 0) is 55.5 Å². The lowest BCUT2D eigenvalue weighted by Crippen LogP contribution is -2.05. The first-order valence-corrected chi connectivity index (χ1v) is 6.89. The van der Waals surface area contributed by atoms with Gasteiger partial charge in [-0.1, -0.05) is 35.9 Å². The van der Waals surface area contributed by atoms with E-state index < -0.39 is 6.10 Å². The summed E-state index contributed by atoms with van der Waals surface area (Å²) in [5, 5.41) is 10.4. The van der Waals surface area contributed by atoms with E-state index in [1.807, 2.05) is 13.8 Å². The Morgan fingerprint density at radius 3 is 2.15 bits per heavy atom. The Balaban J connectivity index is 2.28. The summed E-state index contributed by atoms with van der Waals surface area (Å²) in [6.45, 7) is 7.55. The number of aliphatic hydroxyl groups is 1. The van der Waals surface area contributed by atoms with Crippen molar-refractivity contribution in [2.24, 2.45) is 0 Å². The lowest BCUT2D eigenvalue weighted by molar-refractivity contribution is 0.178. The molecule has 0 aromatic heterocycles. The molecule has 0 heterocycles. The number of aliphatic hydroxyl groups excluding tert-OH is 1. The number of hydrogen-bond acceptors (Lipinski definition) is 1. The largest absolute Gasteiger partial charge is 0.388 e. The summed E-state index contributed by atoms with van der Waals surface area (Å²) < 4.78 is 13.6. The Labute approximate surface area is 120 Å². The quantitative estimate of drug-likeness (QED) is 0.881. The average Bonchev–Trinajstić information content (AvgIpc) is 2.39. The summed E-state index contributed by atoms with van der Waals surface area (Å²) in [6, 6.07) is 9.70. The third-order valence-electron chi connectivity index (χ3n) is 3.76. The standard InChI is InChI=1S/C18H21FO/c1-11-5-6-12(2)15(7-11)10-17(20)16-8-13(3)18(19)14(4)9-16/h5-9,17,20H,10H2,1-4H3. The maximum atomic E-state index is 13.6. The van der Waals surface area contributed by atoms with Crippen LogP contribution in [0.5, 0.6) is 0 Å². The first-order chi connectivity index (χ1) is 9.38. The fourth-order valence-electron chi connectivity index (χ4n) is 2.52. The van der Waals surface area contributed by atoms with Gasteiger partial charge in [0.05, 0.1) is 6.10 Å². The Morgan fingerprint density at radius 2 is 1.55 bits per heavy atom. The highest BCUT2D eigenvalue weighted by molar-refractivity contribution is 5.35. The van der Waals surface area contributed by atoms with Gasteiger partial charge in [0.15, 0.2) is 0 Å². The number of aryl methyl sites for hydroxylation is 4. The third-order valence-corrected chi connectivity index (χ3v) is 3.76. The zero-order valence-electron chi connectivity index (χ0n) is 12.5. The van der Waals surface area contributed by atoms with Crippen molar-refractivity contribution in [3.63, 3.8) is 0 Å². The number of rotatable bonds is 3. The molecule has 1 nitrogen and oxygen atoms in total. The highest BCUT2D eigenvalue weighted by Gasteiger charge is 2.13. The van der Waals surface area contributed by atoms with Crippen LogP contribution < -0.4 is 0 Å². The molecule has 0 aliphatic carbocycles. The van der Waals surface area contributed by atoms with Gasteiger partial charge in [-0.2, -0.15) is 0 Å². The highest BCUT2D eigenvalue weighted by Crippen LogP contribution is 2.24. The Bertz CT molecular complexity index is 608. The molecule has 0 radical (unpaired) electrons. The monoisotopic (exact) mass is 272 g/mol. The van der Waals surface area contributed by atoms with Crippen LogP contribution in [0.3, 0.4) is 0 Å². The molecule has 0 aliphatic heterocycles. The predicted molar refractivity (Wildman–Crippen MR) is 80.5 cm³/mol. The van der Waals surface area contributed by atoms with E-state index >= 15 is 0 Å². The molecule has 0 bridgehead atoms. The Kier molecular flexibility index (Phi) is 4.24. The molecule has 0 spiro atoms. The highest BCUT2D eigenvalue weighted by atomic mass is 19.1. The summed E-state index contributed by atoms with van der Waals surface area (Å²) in [5.74, 6) is -0.187. The maximum absolute atomic E-state index is 13.6. The van der Waals surface area contributed by atoms with Gasteiger partial charge in [0.25, 0.3) is 0 Å². The van der Waals surface area contributed by atoms with Gasteiger partial charge in [0.1, 0.15) is 5.82 Å². The van der Waals surface area contributed by atoms with Crippen molar-refractivity contribution in [2.45, 2.75) is 40.2 Å². The Morgan fingerprint density at radius 1 is 0.950 bits per heavy atom. The van der Waals surface area contributed by atoms with Crippen LogP contribution >= 0.6 is 0 Å². The van der Waals surface area contributed by atoms with Crippen LogP contribution in [-0.2, 0) is 6.42 Å². The topological polar surface area (TPSA) is 20.2 Å². The summed E-state index contributed by atoms with van der Waals surface area (Å²) in [7, 11) is 0. The van der Waals surface area contributed by atoms with Crippen LogP contribution in [0.25, 0.3) is 0 Å². The molecule has 0 saturated carbocycles. The van der Waals surface area contributed by atoms with Crippen molar-refractivity contribution >= 4 is 0 Å². The molecule has 1 atom stereocenters. The Hall–Kier alpha value is -1.67. The van der Waals surface area contributed by atoms with Crippen LogP contribution in [0.15, 0.2) is 30.3 Å². The molecule has 20 heavy (non-hydrogen) atoms. The predicted octanol–water partition coefficient (Wildman–Crippen LogP) is 4.34. The van der Waals surface area contributed by atoms with Crippen LogP contribution in [0.2, 0.25) is 0 Å². The van der Waals surface area contributed by atoms with Gasteiger partial charge in [-0.25, -0.2) is 4.39 Å². The lowest BCUT2D eigenvalue weighted by atomic mass is 9.95. The minimum Gasteiger partial charge on any atom is -0.388 e. The summed E-state index contributed by atoms with van der Waals surface area (Å²) >= 11 is 0. The summed E-state index contributed by atoms with van der Waals surface area (Å²) in [5.41, 5.74) is 5.44. The van der Waals surface area contributed by atoms with Gasteiger partial charge >= 0.3 is 0 Å². The zero-order chi connectivity index (χ0) is 14.9. The average molecular weight is 272 g/mol. The maximum Gasteiger partial charge on any atom is 0.129 e. The van der Waals surface area contributed by atoms with E-state index in [1.54, 1.807) is 26.0 Å². The minimum atomic E-state index is -0.603. The van der Waals surface area contributed by atoms with E-state index in [9.17, 15) is 9.50 Å². The second kappa shape index (κ2) is 5.76. The molecule has 2 rings (SSSR count). The second-order valence-electron chi connectivity index (χ2n) is 5.62. The first-order valence-electron chi connectivity index (χ1n) is 6.89. The van der Waals surface area contributed by atoms with Crippen molar-refractivity contribution in [1.82, 2.24) is 0 Å². The molecule has 2 aromatic rings. The molecule has 0 amide bonds. The SMILES string of the molecule is Cc1ccc(C)c(CC(O)c2cc(C)c(F)c(C)c2)c1. The van der Waals surface area contributed by atoms with E-state index in [0.29, 0.717) is 17.5 Å². The van der Waals surface area contributed by atoms with Crippen molar-refractivity contribution in [3.05, 3.63) is 69.5 Å². The van der Waals surface area contributed by atoms with Gasteiger partial charge < -0.3 is 5.11 Å². The van der Waals surface area contributed by atoms with Crippen LogP contribution in [0.1, 0.15) is 39.5 Å². The van der Waals surface area contributed by atoms with Crippen molar-refractivity contribution in [1.29, 1.82) is 0 Å². The van der Waals surface area contributed by atoms with Crippen molar-refractivity contribution < 1.29 is 9.50 Å². The molecule has 0 aliphatic rings. The molecule has 1 unspecified atom stereocenters. The third kappa shape index (κ3) is 3.07. The fraction of sp³-hybridized carbons (Fsp3) is 0.333. The minimum absolute atomic E-state index is 0.187. The van der Waals surface area contributed by atoms with Crippen LogP contribution in [0, 0.1) is 33.5 Å². The van der Waals surface area contributed by atoms with Crippen molar-refractivity contribution in [2.75, 3.05) is 0 Å². The summed E-state index contributed by atoms with van der Waals surface area (Å²) in [6.07, 6.45) is -0.0496. The van der Waals surface area contributed by atoms with E-state index in [1.165, 1.54) is 11.1 Å². The number of halogens is 1. The van der Waals surface area contributed by atoms with E-state index in [0.717, 1.165) is 11.1 Å². The lowest BCUT2D eigenvalue weighted by Gasteiger charge is -2.15. The van der Waals surface area contributed by atoms with Crippen molar-refractivity contribution in [3.8, 4) is 0 Å². The molecular weight excluding hydrogens is 251 g/mol. The molecule has 106 valence electrons. The molecule has 1 N–H and O–H groups in total. The molecule has 2 heteroatoms. The smallest absolute Gasteiger partial charge is 0.129 e. The molecule has 0 fully saturated rings.